The molecule has 0 unspecified atom stereocenters. The standard InChI is InChI=1S/C12H19NO/c1-4-10-13(5-2)11-6-8-12(14-3)9-7-11/h6-9H,4-5,10H2,1-3H3. The number of anilines is 1. The molecule has 0 amide bonds. The van der Waals surface area contributed by atoms with Crippen LogP contribution in [-0.2, 0) is 0 Å². The minimum absolute atomic E-state index is 0.918. The highest BCUT2D eigenvalue weighted by atomic mass is 16.5. The second-order valence-electron chi connectivity index (χ2n) is 3.28. The lowest BCUT2D eigenvalue weighted by Gasteiger charge is -2.22. The van der Waals surface area contributed by atoms with Crippen LogP contribution < -0.4 is 9.64 Å². The molecule has 2 heteroatoms. The number of nitrogens with zero attached hydrogens (tertiary/aromatic N) is 1. The second kappa shape index (κ2) is 5.53. The average Bonchev–Trinajstić information content (AvgIpc) is 2.26. The van der Waals surface area contributed by atoms with Gasteiger partial charge in [-0.2, -0.15) is 0 Å². The predicted molar refractivity (Wildman–Crippen MR) is 61.2 cm³/mol. The van der Waals surface area contributed by atoms with Crippen LogP contribution in [-0.4, -0.2) is 20.2 Å². The van der Waals surface area contributed by atoms with Crippen molar-refractivity contribution in [3.05, 3.63) is 24.3 Å². The summed E-state index contributed by atoms with van der Waals surface area (Å²) in [7, 11) is 1.69. The fraction of sp³-hybridized carbons (Fsp3) is 0.500. The van der Waals surface area contributed by atoms with Crippen LogP contribution in [0.4, 0.5) is 5.69 Å². The van der Waals surface area contributed by atoms with E-state index in [1.54, 1.807) is 7.11 Å². The molecule has 0 heterocycles. The van der Waals surface area contributed by atoms with Crippen LogP contribution in [0.3, 0.4) is 0 Å². The first-order chi connectivity index (χ1) is 6.81. The fourth-order valence-corrected chi connectivity index (χ4v) is 1.53. The normalized spacial score (nSPS) is 9.93. The molecule has 0 aliphatic heterocycles. The number of benzene rings is 1. The van der Waals surface area contributed by atoms with E-state index in [2.05, 4.69) is 30.9 Å². The van der Waals surface area contributed by atoms with E-state index in [0.29, 0.717) is 0 Å². The van der Waals surface area contributed by atoms with E-state index < -0.39 is 0 Å². The van der Waals surface area contributed by atoms with Crippen LogP contribution in [0.15, 0.2) is 24.3 Å². The molecule has 0 aliphatic carbocycles. The Labute approximate surface area is 86.5 Å². The Morgan fingerprint density at radius 3 is 2.21 bits per heavy atom. The lowest BCUT2D eigenvalue weighted by molar-refractivity contribution is 0.415. The van der Waals surface area contributed by atoms with Gasteiger partial charge in [0.1, 0.15) is 5.75 Å². The van der Waals surface area contributed by atoms with Crippen molar-refractivity contribution in [2.75, 3.05) is 25.1 Å². The van der Waals surface area contributed by atoms with E-state index in [1.807, 2.05) is 12.1 Å². The molecular formula is C12H19NO. The quantitative estimate of drug-likeness (QED) is 0.713. The number of methoxy groups -OCH3 is 1. The van der Waals surface area contributed by atoms with E-state index in [0.717, 1.165) is 18.8 Å². The molecule has 0 fully saturated rings. The van der Waals surface area contributed by atoms with E-state index in [9.17, 15) is 0 Å². The maximum absolute atomic E-state index is 5.12. The maximum Gasteiger partial charge on any atom is 0.119 e. The van der Waals surface area contributed by atoms with Gasteiger partial charge in [0, 0.05) is 18.8 Å². The fourth-order valence-electron chi connectivity index (χ4n) is 1.53. The highest BCUT2D eigenvalue weighted by Gasteiger charge is 2.02. The predicted octanol–water partition coefficient (Wildman–Crippen LogP) is 2.93. The summed E-state index contributed by atoms with van der Waals surface area (Å²) < 4.78 is 5.12. The number of hydrogen-bond donors (Lipinski definition) is 0. The molecular weight excluding hydrogens is 174 g/mol. The van der Waals surface area contributed by atoms with Crippen LogP contribution in [0, 0.1) is 0 Å². The Bertz CT molecular complexity index is 256. The molecule has 0 spiro atoms. The van der Waals surface area contributed by atoms with Crippen LogP contribution in [0.2, 0.25) is 0 Å². The van der Waals surface area contributed by atoms with Crippen molar-refractivity contribution in [3.8, 4) is 5.75 Å². The summed E-state index contributed by atoms with van der Waals surface area (Å²) in [6.07, 6.45) is 1.18. The van der Waals surface area contributed by atoms with Crippen molar-refractivity contribution in [1.82, 2.24) is 0 Å². The van der Waals surface area contributed by atoms with Gasteiger partial charge in [-0.1, -0.05) is 6.92 Å². The molecule has 0 aliphatic rings. The van der Waals surface area contributed by atoms with Crippen molar-refractivity contribution in [1.29, 1.82) is 0 Å². The average molecular weight is 193 g/mol. The molecule has 0 radical (unpaired) electrons. The number of ether oxygens (including phenoxy) is 1. The molecule has 2 nitrogen and oxygen atoms in total. The SMILES string of the molecule is CCCN(CC)c1ccc(OC)cc1. The smallest absolute Gasteiger partial charge is 0.119 e. The highest BCUT2D eigenvalue weighted by molar-refractivity contribution is 5.48. The van der Waals surface area contributed by atoms with Crippen molar-refractivity contribution in [2.45, 2.75) is 20.3 Å². The zero-order valence-corrected chi connectivity index (χ0v) is 9.29. The molecule has 0 bridgehead atoms. The van der Waals surface area contributed by atoms with Gasteiger partial charge in [-0.25, -0.2) is 0 Å². The minimum Gasteiger partial charge on any atom is -0.497 e. The largest absolute Gasteiger partial charge is 0.497 e. The monoisotopic (exact) mass is 193 g/mol. The Morgan fingerprint density at radius 2 is 1.79 bits per heavy atom. The lowest BCUT2D eigenvalue weighted by atomic mass is 10.2. The number of rotatable bonds is 5. The molecule has 1 aromatic rings. The first-order valence-corrected chi connectivity index (χ1v) is 5.20. The minimum atomic E-state index is 0.918. The van der Waals surface area contributed by atoms with Gasteiger partial charge < -0.3 is 9.64 Å². The van der Waals surface area contributed by atoms with Crippen LogP contribution in [0.1, 0.15) is 20.3 Å². The van der Waals surface area contributed by atoms with Gasteiger partial charge in [-0.15, -0.1) is 0 Å². The van der Waals surface area contributed by atoms with Gasteiger partial charge in [-0.3, -0.25) is 0 Å². The Hall–Kier alpha value is -1.18. The van der Waals surface area contributed by atoms with Crippen LogP contribution >= 0.6 is 0 Å². The van der Waals surface area contributed by atoms with E-state index in [-0.39, 0.29) is 0 Å². The van der Waals surface area contributed by atoms with E-state index in [4.69, 9.17) is 4.74 Å². The molecule has 1 aromatic carbocycles. The summed E-state index contributed by atoms with van der Waals surface area (Å²) in [5.74, 6) is 0.918. The molecule has 0 N–H and O–H groups in total. The number of hydrogen-bond acceptors (Lipinski definition) is 2. The van der Waals surface area contributed by atoms with Gasteiger partial charge in [-0.05, 0) is 37.6 Å². The molecule has 0 saturated heterocycles. The van der Waals surface area contributed by atoms with Crippen molar-refractivity contribution < 1.29 is 4.74 Å². The molecule has 0 atom stereocenters. The van der Waals surface area contributed by atoms with Crippen molar-refractivity contribution >= 4 is 5.69 Å². The van der Waals surface area contributed by atoms with Crippen molar-refractivity contribution in [3.63, 3.8) is 0 Å². The third kappa shape index (κ3) is 2.66. The zero-order valence-electron chi connectivity index (χ0n) is 9.29. The summed E-state index contributed by atoms with van der Waals surface area (Å²) in [6, 6.07) is 8.23. The van der Waals surface area contributed by atoms with Gasteiger partial charge in [0.25, 0.3) is 0 Å². The van der Waals surface area contributed by atoms with Crippen LogP contribution in [0.5, 0.6) is 5.75 Å². The molecule has 78 valence electrons. The van der Waals surface area contributed by atoms with Gasteiger partial charge in [0.2, 0.25) is 0 Å². The summed E-state index contributed by atoms with van der Waals surface area (Å²) >= 11 is 0. The zero-order chi connectivity index (χ0) is 10.4. The molecule has 0 saturated carbocycles. The Kier molecular flexibility index (Phi) is 4.30. The summed E-state index contributed by atoms with van der Waals surface area (Å²) in [4.78, 5) is 2.36. The molecule has 0 aromatic heterocycles. The van der Waals surface area contributed by atoms with Crippen molar-refractivity contribution in [2.24, 2.45) is 0 Å². The maximum atomic E-state index is 5.12. The van der Waals surface area contributed by atoms with Gasteiger partial charge in [0.05, 0.1) is 7.11 Å². The second-order valence-corrected chi connectivity index (χ2v) is 3.28. The Morgan fingerprint density at radius 1 is 1.14 bits per heavy atom. The van der Waals surface area contributed by atoms with Crippen LogP contribution in [0.25, 0.3) is 0 Å². The third-order valence-corrected chi connectivity index (χ3v) is 2.31. The molecule has 1 rings (SSSR count). The Balaban J connectivity index is 2.73. The van der Waals surface area contributed by atoms with E-state index >= 15 is 0 Å². The van der Waals surface area contributed by atoms with Gasteiger partial charge in [0.15, 0.2) is 0 Å². The summed E-state index contributed by atoms with van der Waals surface area (Å²) in [5, 5.41) is 0. The summed E-state index contributed by atoms with van der Waals surface area (Å²) in [6.45, 7) is 6.55. The van der Waals surface area contributed by atoms with Gasteiger partial charge >= 0.3 is 0 Å². The molecule has 14 heavy (non-hydrogen) atoms. The third-order valence-electron chi connectivity index (χ3n) is 2.31. The highest BCUT2D eigenvalue weighted by Crippen LogP contribution is 2.18. The first-order valence-electron chi connectivity index (χ1n) is 5.20. The van der Waals surface area contributed by atoms with E-state index in [1.165, 1.54) is 12.1 Å². The summed E-state index contributed by atoms with van der Waals surface area (Å²) in [5.41, 5.74) is 1.27. The topological polar surface area (TPSA) is 12.5 Å². The first kappa shape index (κ1) is 10.9. The lowest BCUT2D eigenvalue weighted by Crippen LogP contribution is -2.23.